The highest BCUT2D eigenvalue weighted by Crippen LogP contribution is 2.25. The molecule has 0 bridgehead atoms. The highest BCUT2D eigenvalue weighted by atomic mass is 79.9. The molecule has 0 unspecified atom stereocenters. The summed E-state index contributed by atoms with van der Waals surface area (Å²) in [5.74, 6) is -2.90. The number of aromatic carboxylic acids is 1. The molecular weight excluding hydrogens is 369 g/mol. The highest BCUT2D eigenvalue weighted by Gasteiger charge is 2.30. The van der Waals surface area contributed by atoms with Gasteiger partial charge in [0, 0.05) is 16.6 Å². The maximum absolute atomic E-state index is 14.1. The van der Waals surface area contributed by atoms with Crippen LogP contribution in [0.25, 0.3) is 0 Å². The number of nitrogens with one attached hydrogen (secondary N) is 1. The van der Waals surface area contributed by atoms with Crippen molar-refractivity contribution >= 4 is 31.9 Å². The number of hydrogen-bond donors (Lipinski definition) is 3. The van der Waals surface area contributed by atoms with Crippen molar-refractivity contribution in [2.24, 2.45) is 0 Å². The number of aliphatic hydroxyl groups excluding tert-OH is 1. The largest absolute Gasteiger partial charge is 0.478 e. The monoisotopic (exact) mass is 383 g/mol. The van der Waals surface area contributed by atoms with Crippen molar-refractivity contribution in [2.75, 3.05) is 6.61 Å². The van der Waals surface area contributed by atoms with Gasteiger partial charge in [0.25, 0.3) is 0 Å². The SMILES string of the molecule is CC(C)(CCO)NS(=O)(=O)c1cc(Br)cc(C(=O)O)c1F. The summed E-state index contributed by atoms with van der Waals surface area (Å²) < 4.78 is 40.9. The minimum Gasteiger partial charge on any atom is -0.478 e. The number of aliphatic hydroxyl groups is 1. The predicted molar refractivity (Wildman–Crippen MR) is 77.2 cm³/mol. The Kier molecular flexibility index (Phi) is 5.48. The molecule has 1 aromatic carbocycles. The molecule has 0 saturated heterocycles. The van der Waals surface area contributed by atoms with Gasteiger partial charge in [0.1, 0.15) is 4.90 Å². The number of rotatable bonds is 6. The van der Waals surface area contributed by atoms with Gasteiger partial charge in [-0.05, 0) is 32.4 Å². The number of benzene rings is 1. The summed E-state index contributed by atoms with van der Waals surface area (Å²) in [6.45, 7) is 2.79. The maximum atomic E-state index is 14.1. The summed E-state index contributed by atoms with van der Waals surface area (Å²) >= 11 is 2.96. The average molecular weight is 384 g/mol. The fraction of sp³-hybridized carbons (Fsp3) is 0.417. The van der Waals surface area contributed by atoms with Crippen molar-refractivity contribution in [3.05, 3.63) is 28.0 Å². The van der Waals surface area contributed by atoms with Crippen LogP contribution in [0.2, 0.25) is 0 Å². The van der Waals surface area contributed by atoms with Crippen molar-refractivity contribution in [3.63, 3.8) is 0 Å². The first kappa shape index (κ1) is 18.0. The van der Waals surface area contributed by atoms with Gasteiger partial charge < -0.3 is 10.2 Å². The number of carboxylic acid groups (broad SMARTS) is 1. The van der Waals surface area contributed by atoms with E-state index in [0.717, 1.165) is 12.1 Å². The van der Waals surface area contributed by atoms with Crippen LogP contribution in [-0.2, 0) is 10.0 Å². The molecule has 0 fully saturated rings. The summed E-state index contributed by atoms with van der Waals surface area (Å²) in [6.07, 6.45) is 0.119. The molecule has 0 saturated carbocycles. The van der Waals surface area contributed by atoms with E-state index in [4.69, 9.17) is 10.2 Å². The Hall–Kier alpha value is -1.03. The van der Waals surface area contributed by atoms with Crippen molar-refractivity contribution in [1.82, 2.24) is 4.72 Å². The van der Waals surface area contributed by atoms with Gasteiger partial charge >= 0.3 is 5.97 Å². The van der Waals surface area contributed by atoms with Crippen molar-refractivity contribution in [3.8, 4) is 0 Å². The van der Waals surface area contributed by atoms with Crippen LogP contribution in [0.1, 0.15) is 30.6 Å². The normalized spacial score (nSPS) is 12.4. The Morgan fingerprint density at radius 1 is 1.43 bits per heavy atom. The topological polar surface area (TPSA) is 104 Å². The Bertz CT molecular complexity index is 660. The van der Waals surface area contributed by atoms with Crippen LogP contribution in [0, 0.1) is 5.82 Å². The minimum absolute atomic E-state index is 0.119. The lowest BCUT2D eigenvalue weighted by molar-refractivity contribution is 0.0691. The lowest BCUT2D eigenvalue weighted by atomic mass is 10.0. The van der Waals surface area contributed by atoms with Crippen LogP contribution in [0.3, 0.4) is 0 Å². The van der Waals surface area contributed by atoms with E-state index in [9.17, 15) is 17.6 Å². The van der Waals surface area contributed by atoms with E-state index >= 15 is 0 Å². The molecule has 0 spiro atoms. The molecule has 118 valence electrons. The van der Waals surface area contributed by atoms with E-state index in [2.05, 4.69) is 20.7 Å². The molecule has 0 atom stereocenters. The minimum atomic E-state index is -4.28. The molecule has 1 rings (SSSR count). The second-order valence-electron chi connectivity index (χ2n) is 5.03. The molecule has 0 heterocycles. The third-order valence-corrected chi connectivity index (χ3v) is 4.83. The van der Waals surface area contributed by atoms with Crippen LogP contribution >= 0.6 is 15.9 Å². The van der Waals surface area contributed by atoms with Gasteiger partial charge in [-0.2, -0.15) is 0 Å². The van der Waals surface area contributed by atoms with E-state index in [-0.39, 0.29) is 17.5 Å². The Labute approximate surface area is 130 Å². The smallest absolute Gasteiger partial charge is 0.338 e. The van der Waals surface area contributed by atoms with Crippen LogP contribution < -0.4 is 4.72 Å². The number of carboxylic acids is 1. The highest BCUT2D eigenvalue weighted by molar-refractivity contribution is 9.10. The number of halogens is 2. The second-order valence-corrected chi connectivity index (χ2v) is 7.60. The summed E-state index contributed by atoms with van der Waals surface area (Å²) in [6, 6.07) is 1.97. The first-order valence-electron chi connectivity index (χ1n) is 5.87. The molecule has 3 N–H and O–H groups in total. The zero-order chi connectivity index (χ0) is 16.4. The first-order valence-corrected chi connectivity index (χ1v) is 8.15. The van der Waals surface area contributed by atoms with Gasteiger partial charge in [-0.3, -0.25) is 0 Å². The molecular formula is C12H15BrFNO5S. The summed E-state index contributed by atoms with van der Waals surface area (Å²) in [4.78, 5) is 10.2. The second kappa shape index (κ2) is 6.39. The third-order valence-electron chi connectivity index (χ3n) is 2.67. The lowest BCUT2D eigenvalue weighted by Gasteiger charge is -2.25. The van der Waals surface area contributed by atoms with E-state index in [0.29, 0.717) is 0 Å². The molecule has 21 heavy (non-hydrogen) atoms. The zero-order valence-corrected chi connectivity index (χ0v) is 13.8. The Balaban J connectivity index is 3.36. The predicted octanol–water partition coefficient (Wildman–Crippen LogP) is 1.73. The molecule has 0 radical (unpaired) electrons. The van der Waals surface area contributed by atoms with Crippen LogP contribution in [0.5, 0.6) is 0 Å². The molecule has 0 aromatic heterocycles. The Morgan fingerprint density at radius 2 is 2.00 bits per heavy atom. The van der Waals surface area contributed by atoms with E-state index in [1.807, 2.05) is 0 Å². The van der Waals surface area contributed by atoms with E-state index in [1.165, 1.54) is 13.8 Å². The fourth-order valence-corrected chi connectivity index (χ4v) is 3.84. The lowest BCUT2D eigenvalue weighted by Crippen LogP contribution is -2.44. The van der Waals surface area contributed by atoms with Crippen molar-refractivity contribution in [2.45, 2.75) is 30.7 Å². The van der Waals surface area contributed by atoms with Gasteiger partial charge in [-0.25, -0.2) is 22.3 Å². The average Bonchev–Trinajstić information content (AvgIpc) is 2.29. The molecule has 0 amide bonds. The Morgan fingerprint density at radius 3 is 2.48 bits per heavy atom. The van der Waals surface area contributed by atoms with Crippen molar-refractivity contribution in [1.29, 1.82) is 0 Å². The molecule has 0 aliphatic rings. The standard InChI is InChI=1S/C12H15BrFNO5S/c1-12(2,3-4-16)15-21(19,20)9-6-7(13)5-8(10(9)14)11(17)18/h5-6,15-16H,3-4H2,1-2H3,(H,17,18). The van der Waals surface area contributed by atoms with Gasteiger partial charge in [-0.15, -0.1) is 0 Å². The maximum Gasteiger partial charge on any atom is 0.338 e. The van der Waals surface area contributed by atoms with Gasteiger partial charge in [0.15, 0.2) is 5.82 Å². The van der Waals surface area contributed by atoms with E-state index < -0.39 is 37.8 Å². The number of carbonyl (C=O) groups is 1. The van der Waals surface area contributed by atoms with Gasteiger partial charge in [-0.1, -0.05) is 15.9 Å². The van der Waals surface area contributed by atoms with Gasteiger partial charge in [0.05, 0.1) is 5.56 Å². The summed E-state index contributed by atoms with van der Waals surface area (Å²) in [7, 11) is -4.28. The number of hydrogen-bond acceptors (Lipinski definition) is 4. The van der Waals surface area contributed by atoms with Crippen molar-refractivity contribution < 1.29 is 27.8 Å². The summed E-state index contributed by atoms with van der Waals surface area (Å²) in [5, 5.41) is 17.8. The number of sulfonamides is 1. The fourth-order valence-electron chi connectivity index (χ4n) is 1.66. The molecule has 0 aliphatic carbocycles. The van der Waals surface area contributed by atoms with E-state index in [1.54, 1.807) is 0 Å². The molecule has 1 aromatic rings. The van der Waals surface area contributed by atoms with Crippen LogP contribution in [0.4, 0.5) is 4.39 Å². The molecule has 6 nitrogen and oxygen atoms in total. The summed E-state index contributed by atoms with van der Waals surface area (Å²) in [5.41, 5.74) is -1.75. The van der Waals surface area contributed by atoms with Crippen LogP contribution in [0.15, 0.2) is 21.5 Å². The first-order chi connectivity index (χ1) is 9.50. The third kappa shape index (κ3) is 4.47. The molecule has 9 heteroatoms. The van der Waals surface area contributed by atoms with Gasteiger partial charge in [0.2, 0.25) is 10.0 Å². The quantitative estimate of drug-likeness (QED) is 0.693. The molecule has 0 aliphatic heterocycles. The zero-order valence-electron chi connectivity index (χ0n) is 11.4. The van der Waals surface area contributed by atoms with Crippen LogP contribution in [-0.4, -0.2) is 36.7 Å².